The van der Waals surface area contributed by atoms with Gasteiger partial charge in [0.1, 0.15) is 0 Å². The lowest BCUT2D eigenvalue weighted by Crippen LogP contribution is -2.40. The standard InChI is InChI=1S/C24H26N4O4/c1-24(2,3)28-22(30)16-7-4-8-17(13-16)25-15-21(29)26-18-9-5-10-19(14-18)27-23(31)20-11-6-12-32-20/h4-14,25H,15H2,1-3H3,(H,26,29)(H,27,31)(H,28,30). The van der Waals surface area contributed by atoms with E-state index in [0.29, 0.717) is 22.6 Å². The van der Waals surface area contributed by atoms with Gasteiger partial charge in [-0.25, -0.2) is 0 Å². The highest BCUT2D eigenvalue weighted by atomic mass is 16.3. The molecule has 0 spiro atoms. The molecule has 3 rings (SSSR count). The van der Waals surface area contributed by atoms with Crippen LogP contribution < -0.4 is 21.3 Å². The maximum Gasteiger partial charge on any atom is 0.291 e. The smallest absolute Gasteiger partial charge is 0.291 e. The molecule has 166 valence electrons. The zero-order valence-corrected chi connectivity index (χ0v) is 18.2. The Morgan fingerprint density at radius 2 is 1.50 bits per heavy atom. The van der Waals surface area contributed by atoms with Crippen molar-refractivity contribution < 1.29 is 18.8 Å². The Hall–Kier alpha value is -4.07. The van der Waals surface area contributed by atoms with E-state index in [4.69, 9.17) is 4.42 Å². The van der Waals surface area contributed by atoms with Crippen LogP contribution in [0, 0.1) is 0 Å². The normalized spacial score (nSPS) is 10.8. The predicted octanol–water partition coefficient (Wildman–Crippen LogP) is 4.11. The minimum absolute atomic E-state index is 0.00727. The van der Waals surface area contributed by atoms with Crippen molar-refractivity contribution in [2.24, 2.45) is 0 Å². The molecule has 0 saturated carbocycles. The molecular formula is C24H26N4O4. The van der Waals surface area contributed by atoms with Crippen LogP contribution in [0.3, 0.4) is 0 Å². The summed E-state index contributed by atoms with van der Waals surface area (Å²) in [5.74, 6) is -0.638. The van der Waals surface area contributed by atoms with Crippen LogP contribution in [0.1, 0.15) is 41.7 Å². The van der Waals surface area contributed by atoms with Gasteiger partial charge in [-0.2, -0.15) is 0 Å². The first-order valence-corrected chi connectivity index (χ1v) is 10.1. The van der Waals surface area contributed by atoms with E-state index in [2.05, 4.69) is 21.3 Å². The molecule has 4 N–H and O–H groups in total. The number of carbonyl (C=O) groups is 3. The van der Waals surface area contributed by atoms with Crippen LogP contribution in [0.25, 0.3) is 0 Å². The minimum Gasteiger partial charge on any atom is -0.459 e. The lowest BCUT2D eigenvalue weighted by molar-refractivity contribution is -0.114. The van der Waals surface area contributed by atoms with Crippen LogP contribution in [0.4, 0.5) is 17.1 Å². The van der Waals surface area contributed by atoms with Gasteiger partial charge in [-0.15, -0.1) is 0 Å². The van der Waals surface area contributed by atoms with Gasteiger partial charge in [0.25, 0.3) is 11.8 Å². The average molecular weight is 434 g/mol. The van der Waals surface area contributed by atoms with E-state index in [9.17, 15) is 14.4 Å². The highest BCUT2D eigenvalue weighted by Gasteiger charge is 2.15. The van der Waals surface area contributed by atoms with Gasteiger partial charge in [0.15, 0.2) is 5.76 Å². The lowest BCUT2D eigenvalue weighted by Gasteiger charge is -2.20. The third kappa shape index (κ3) is 6.73. The van der Waals surface area contributed by atoms with Crippen molar-refractivity contribution >= 4 is 34.8 Å². The summed E-state index contributed by atoms with van der Waals surface area (Å²) in [6, 6.07) is 16.9. The summed E-state index contributed by atoms with van der Waals surface area (Å²) < 4.78 is 5.07. The van der Waals surface area contributed by atoms with Crippen LogP contribution in [-0.4, -0.2) is 29.8 Å². The van der Waals surface area contributed by atoms with Crippen molar-refractivity contribution in [1.82, 2.24) is 5.32 Å². The molecule has 3 amide bonds. The molecule has 3 aromatic rings. The van der Waals surface area contributed by atoms with Gasteiger partial charge < -0.3 is 25.7 Å². The number of amides is 3. The van der Waals surface area contributed by atoms with Gasteiger partial charge >= 0.3 is 0 Å². The second-order valence-electron chi connectivity index (χ2n) is 8.20. The summed E-state index contributed by atoms with van der Waals surface area (Å²) in [7, 11) is 0. The number of hydrogen-bond donors (Lipinski definition) is 4. The maximum absolute atomic E-state index is 12.4. The zero-order valence-electron chi connectivity index (χ0n) is 18.2. The molecule has 8 heteroatoms. The topological polar surface area (TPSA) is 112 Å². The molecule has 1 heterocycles. The van der Waals surface area contributed by atoms with Gasteiger partial charge in [0.05, 0.1) is 12.8 Å². The molecule has 0 aliphatic heterocycles. The van der Waals surface area contributed by atoms with Gasteiger partial charge in [-0.1, -0.05) is 12.1 Å². The van der Waals surface area contributed by atoms with Gasteiger partial charge in [-0.3, -0.25) is 14.4 Å². The molecule has 0 aliphatic rings. The summed E-state index contributed by atoms with van der Waals surface area (Å²) in [6.45, 7) is 5.74. The fourth-order valence-corrected chi connectivity index (χ4v) is 2.85. The minimum atomic E-state index is -0.379. The van der Waals surface area contributed by atoms with Crippen molar-refractivity contribution in [3.05, 3.63) is 78.3 Å². The molecule has 0 saturated heterocycles. The van der Waals surface area contributed by atoms with Crippen LogP contribution in [0.2, 0.25) is 0 Å². The molecule has 0 atom stereocenters. The average Bonchev–Trinajstić information content (AvgIpc) is 3.27. The van der Waals surface area contributed by atoms with Crippen LogP contribution in [0.5, 0.6) is 0 Å². The van der Waals surface area contributed by atoms with E-state index in [0.717, 1.165) is 0 Å². The Labute approximate surface area is 186 Å². The van der Waals surface area contributed by atoms with Crippen molar-refractivity contribution in [3.8, 4) is 0 Å². The third-order valence-corrected chi connectivity index (χ3v) is 4.22. The summed E-state index contributed by atoms with van der Waals surface area (Å²) in [4.78, 5) is 36.8. The van der Waals surface area contributed by atoms with E-state index in [1.807, 2.05) is 20.8 Å². The van der Waals surface area contributed by atoms with Crippen molar-refractivity contribution in [2.45, 2.75) is 26.3 Å². The zero-order chi connectivity index (χ0) is 23.1. The van der Waals surface area contributed by atoms with Crippen molar-refractivity contribution in [3.63, 3.8) is 0 Å². The number of benzene rings is 2. The van der Waals surface area contributed by atoms with Crippen molar-refractivity contribution in [2.75, 3.05) is 22.5 Å². The Morgan fingerprint density at radius 1 is 0.812 bits per heavy atom. The molecule has 8 nitrogen and oxygen atoms in total. The molecule has 0 radical (unpaired) electrons. The molecule has 0 fully saturated rings. The Balaban J connectivity index is 1.55. The number of rotatable bonds is 7. The fourth-order valence-electron chi connectivity index (χ4n) is 2.85. The van der Waals surface area contributed by atoms with E-state index < -0.39 is 0 Å². The molecule has 0 aliphatic carbocycles. The summed E-state index contributed by atoms with van der Waals surface area (Å²) in [5.41, 5.74) is 1.88. The summed E-state index contributed by atoms with van der Waals surface area (Å²) in [5, 5.41) is 11.4. The van der Waals surface area contributed by atoms with Gasteiger partial charge in [0, 0.05) is 28.2 Å². The highest BCUT2D eigenvalue weighted by molar-refractivity contribution is 6.03. The number of furan rings is 1. The monoisotopic (exact) mass is 434 g/mol. The van der Waals surface area contributed by atoms with Gasteiger partial charge in [0.2, 0.25) is 5.91 Å². The van der Waals surface area contributed by atoms with E-state index in [1.165, 1.54) is 6.26 Å². The Morgan fingerprint density at radius 3 is 2.19 bits per heavy atom. The molecule has 32 heavy (non-hydrogen) atoms. The quantitative estimate of drug-likeness (QED) is 0.447. The number of carbonyl (C=O) groups excluding carboxylic acids is 3. The first-order valence-electron chi connectivity index (χ1n) is 10.1. The molecule has 2 aromatic carbocycles. The van der Waals surface area contributed by atoms with E-state index >= 15 is 0 Å². The van der Waals surface area contributed by atoms with E-state index in [-0.39, 0.29) is 35.6 Å². The molecular weight excluding hydrogens is 408 g/mol. The van der Waals surface area contributed by atoms with Crippen LogP contribution in [0.15, 0.2) is 71.3 Å². The maximum atomic E-state index is 12.4. The second kappa shape index (κ2) is 9.82. The predicted molar refractivity (Wildman–Crippen MR) is 124 cm³/mol. The largest absolute Gasteiger partial charge is 0.459 e. The first-order chi connectivity index (χ1) is 15.2. The van der Waals surface area contributed by atoms with Crippen LogP contribution in [-0.2, 0) is 4.79 Å². The molecule has 0 unspecified atom stereocenters. The third-order valence-electron chi connectivity index (χ3n) is 4.22. The summed E-state index contributed by atoms with van der Waals surface area (Å²) >= 11 is 0. The second-order valence-corrected chi connectivity index (χ2v) is 8.20. The number of hydrogen-bond acceptors (Lipinski definition) is 5. The molecule has 0 bridgehead atoms. The van der Waals surface area contributed by atoms with Gasteiger partial charge in [-0.05, 0) is 69.3 Å². The number of nitrogens with one attached hydrogen (secondary N) is 4. The summed E-state index contributed by atoms with van der Waals surface area (Å²) in [6.07, 6.45) is 1.42. The highest BCUT2D eigenvalue weighted by Crippen LogP contribution is 2.17. The lowest BCUT2D eigenvalue weighted by atomic mass is 10.1. The Kier molecular flexibility index (Phi) is 6.94. The molecule has 1 aromatic heterocycles. The first kappa shape index (κ1) is 22.6. The van der Waals surface area contributed by atoms with Crippen molar-refractivity contribution in [1.29, 1.82) is 0 Å². The fraction of sp³-hybridized carbons (Fsp3) is 0.208. The van der Waals surface area contributed by atoms with Crippen LogP contribution >= 0.6 is 0 Å². The Bertz CT molecular complexity index is 1100. The number of anilines is 3. The SMILES string of the molecule is CC(C)(C)NC(=O)c1cccc(NCC(=O)Nc2cccc(NC(=O)c3ccco3)c2)c1. The van der Waals surface area contributed by atoms with E-state index in [1.54, 1.807) is 60.7 Å².